The van der Waals surface area contributed by atoms with Gasteiger partial charge >= 0.3 is 0 Å². The number of nitrogens with zero attached hydrogens (tertiary/aromatic N) is 3. The van der Waals surface area contributed by atoms with Crippen molar-refractivity contribution in [3.63, 3.8) is 0 Å². The van der Waals surface area contributed by atoms with E-state index in [1.165, 1.54) is 6.26 Å². The number of carbonyl (C=O) groups excluding carboxylic acids is 1. The smallest absolute Gasteiger partial charge is 0.273 e. The Morgan fingerprint density at radius 1 is 1.29 bits per heavy atom. The summed E-state index contributed by atoms with van der Waals surface area (Å²) in [6.07, 6.45) is 0.941. The van der Waals surface area contributed by atoms with Gasteiger partial charge in [0.05, 0.1) is 24.9 Å². The Bertz CT molecular complexity index is 604. The average Bonchev–Trinajstić information content (AvgIpc) is 3.07. The number of amides is 1. The first kappa shape index (κ1) is 22.8. The predicted octanol–water partition coefficient (Wildman–Crippen LogP) is 1.35. The molecule has 1 atom stereocenters. The maximum absolute atomic E-state index is 12.0. The van der Waals surface area contributed by atoms with Crippen LogP contribution in [0.2, 0.25) is 0 Å². The highest BCUT2D eigenvalue weighted by Gasteiger charge is 2.22. The van der Waals surface area contributed by atoms with Crippen molar-refractivity contribution in [3.8, 4) is 0 Å². The van der Waals surface area contributed by atoms with Crippen molar-refractivity contribution in [1.82, 2.24) is 20.1 Å². The number of aliphatic hydroxyl groups is 1. The molecule has 8 nitrogen and oxygen atoms in total. The Hall–Kier alpha value is -1.48. The number of nitrogens with one attached hydrogen (secondary N) is 1. The van der Waals surface area contributed by atoms with E-state index >= 15 is 0 Å². The van der Waals surface area contributed by atoms with Gasteiger partial charge in [0.25, 0.3) is 5.91 Å². The zero-order chi connectivity index (χ0) is 20.7. The molecule has 1 aromatic rings. The molecule has 0 radical (unpaired) electrons. The number of β-amino-alcohol motifs (C(OH)–C–C–N with tert-alkyl or cyclic N) is 1. The fourth-order valence-electron chi connectivity index (χ4n) is 2.89. The van der Waals surface area contributed by atoms with E-state index in [1.54, 1.807) is 0 Å². The first-order valence-corrected chi connectivity index (χ1v) is 10.1. The highest BCUT2D eigenvalue weighted by Crippen LogP contribution is 2.11. The summed E-state index contributed by atoms with van der Waals surface area (Å²) in [4.78, 5) is 20.8. The lowest BCUT2D eigenvalue weighted by Gasteiger charge is -2.35. The molecule has 0 aliphatic carbocycles. The molecule has 2 rings (SSSR count). The van der Waals surface area contributed by atoms with Gasteiger partial charge in [0, 0.05) is 39.3 Å². The highest BCUT2D eigenvalue weighted by molar-refractivity contribution is 5.91. The van der Waals surface area contributed by atoms with E-state index in [2.05, 4.69) is 20.1 Å². The summed E-state index contributed by atoms with van der Waals surface area (Å²) in [5, 5.41) is 13.0. The lowest BCUT2D eigenvalue weighted by Crippen LogP contribution is -2.49. The summed E-state index contributed by atoms with van der Waals surface area (Å²) >= 11 is 0. The van der Waals surface area contributed by atoms with Gasteiger partial charge in [-0.15, -0.1) is 0 Å². The second kappa shape index (κ2) is 10.3. The summed E-state index contributed by atoms with van der Waals surface area (Å²) in [7, 11) is 0. The van der Waals surface area contributed by atoms with E-state index < -0.39 is 6.10 Å². The van der Waals surface area contributed by atoms with Gasteiger partial charge in [-0.2, -0.15) is 0 Å². The molecule has 1 fully saturated rings. The van der Waals surface area contributed by atoms with Crippen LogP contribution in [-0.4, -0.2) is 83.4 Å². The van der Waals surface area contributed by atoms with Crippen LogP contribution < -0.4 is 5.32 Å². The van der Waals surface area contributed by atoms with E-state index in [9.17, 15) is 9.90 Å². The van der Waals surface area contributed by atoms with Gasteiger partial charge in [-0.25, -0.2) is 4.98 Å². The molecule has 1 saturated heterocycles. The maximum Gasteiger partial charge on any atom is 0.273 e. The van der Waals surface area contributed by atoms with Crippen molar-refractivity contribution >= 4 is 5.91 Å². The van der Waals surface area contributed by atoms with Gasteiger partial charge < -0.3 is 19.6 Å². The molecule has 28 heavy (non-hydrogen) atoms. The molecule has 1 aliphatic heterocycles. The third-order valence-corrected chi connectivity index (χ3v) is 4.46. The zero-order valence-corrected chi connectivity index (χ0v) is 17.9. The fourth-order valence-corrected chi connectivity index (χ4v) is 2.89. The van der Waals surface area contributed by atoms with E-state index in [0.29, 0.717) is 43.7 Å². The topological polar surface area (TPSA) is 91.1 Å². The Morgan fingerprint density at radius 3 is 2.54 bits per heavy atom. The van der Waals surface area contributed by atoms with Crippen molar-refractivity contribution < 1.29 is 19.1 Å². The van der Waals surface area contributed by atoms with E-state index in [4.69, 9.17) is 9.15 Å². The van der Waals surface area contributed by atoms with Crippen LogP contribution in [0.5, 0.6) is 0 Å². The Kier molecular flexibility index (Phi) is 8.42. The number of aromatic nitrogens is 1. The van der Waals surface area contributed by atoms with Gasteiger partial charge in [0.1, 0.15) is 6.26 Å². The quantitative estimate of drug-likeness (QED) is 0.651. The van der Waals surface area contributed by atoms with E-state index in [-0.39, 0.29) is 11.5 Å². The number of piperazine rings is 1. The molecule has 1 aliphatic rings. The number of aliphatic hydroxyl groups excluding tert-OH is 1. The predicted molar refractivity (Wildman–Crippen MR) is 107 cm³/mol. The van der Waals surface area contributed by atoms with Crippen molar-refractivity contribution in [3.05, 3.63) is 17.8 Å². The monoisotopic (exact) mass is 396 g/mol. The molecule has 0 unspecified atom stereocenters. The molecule has 1 aromatic heterocycles. The summed E-state index contributed by atoms with van der Waals surface area (Å²) in [6.45, 7) is 15.7. The van der Waals surface area contributed by atoms with Crippen LogP contribution >= 0.6 is 0 Å². The minimum Gasteiger partial charge on any atom is -0.447 e. The van der Waals surface area contributed by atoms with Crippen LogP contribution in [0.15, 0.2) is 10.7 Å². The molecular weight excluding hydrogens is 360 g/mol. The molecule has 1 amide bonds. The molecule has 0 spiro atoms. The number of rotatable bonds is 9. The van der Waals surface area contributed by atoms with Gasteiger partial charge in [0.2, 0.25) is 5.89 Å². The number of hydrogen-bond donors (Lipinski definition) is 2. The Balaban J connectivity index is 1.70. The summed E-state index contributed by atoms with van der Waals surface area (Å²) in [5.41, 5.74) is 0.0940. The number of carbonyl (C=O) groups is 1. The molecule has 8 heteroatoms. The van der Waals surface area contributed by atoms with E-state index in [1.807, 2.05) is 34.6 Å². The average molecular weight is 397 g/mol. The number of ether oxygens (including phenoxy) is 1. The second-order valence-electron chi connectivity index (χ2n) is 8.88. The third-order valence-electron chi connectivity index (χ3n) is 4.46. The van der Waals surface area contributed by atoms with Crippen LogP contribution in [0.4, 0.5) is 0 Å². The number of oxazole rings is 1. The van der Waals surface area contributed by atoms with Gasteiger partial charge in [-0.05, 0) is 26.7 Å². The van der Waals surface area contributed by atoms with Crippen molar-refractivity contribution in [2.45, 2.75) is 52.9 Å². The second-order valence-corrected chi connectivity index (χ2v) is 8.88. The first-order valence-electron chi connectivity index (χ1n) is 10.1. The molecule has 0 bridgehead atoms. The Morgan fingerprint density at radius 2 is 1.93 bits per heavy atom. The largest absolute Gasteiger partial charge is 0.447 e. The Labute approximate surface area is 168 Å². The zero-order valence-electron chi connectivity index (χ0n) is 17.9. The van der Waals surface area contributed by atoms with Crippen LogP contribution in [0.25, 0.3) is 0 Å². The lowest BCUT2D eigenvalue weighted by atomic mass is 10.2. The van der Waals surface area contributed by atoms with Gasteiger partial charge in [0.15, 0.2) is 5.69 Å². The third kappa shape index (κ3) is 8.26. The van der Waals surface area contributed by atoms with Crippen molar-refractivity contribution in [2.75, 3.05) is 45.9 Å². The SMILES string of the molecule is CC(C)CNC(=O)c1coc(CN2CCN(C[C@H](O)COC(C)(C)C)CC2)n1. The number of hydrogen-bond acceptors (Lipinski definition) is 7. The van der Waals surface area contributed by atoms with E-state index in [0.717, 1.165) is 26.2 Å². The summed E-state index contributed by atoms with van der Waals surface area (Å²) in [5.74, 6) is 0.756. The van der Waals surface area contributed by atoms with Crippen molar-refractivity contribution in [2.24, 2.45) is 5.92 Å². The maximum atomic E-state index is 12.0. The molecule has 2 N–H and O–H groups in total. The van der Waals surface area contributed by atoms with Crippen molar-refractivity contribution in [1.29, 1.82) is 0 Å². The molecule has 0 aromatic carbocycles. The van der Waals surface area contributed by atoms with Crippen LogP contribution in [0, 0.1) is 5.92 Å². The van der Waals surface area contributed by atoms with Crippen LogP contribution in [-0.2, 0) is 11.3 Å². The molecule has 160 valence electrons. The van der Waals surface area contributed by atoms with Crippen LogP contribution in [0.1, 0.15) is 51.0 Å². The summed E-state index contributed by atoms with van der Waals surface area (Å²) < 4.78 is 11.1. The van der Waals surface area contributed by atoms with Gasteiger partial charge in [-0.1, -0.05) is 13.8 Å². The normalized spacial score (nSPS) is 17.8. The summed E-state index contributed by atoms with van der Waals surface area (Å²) in [6, 6.07) is 0. The molecule has 0 saturated carbocycles. The molecule has 2 heterocycles. The minimum absolute atomic E-state index is 0.194. The highest BCUT2D eigenvalue weighted by atomic mass is 16.5. The first-order chi connectivity index (χ1) is 13.1. The van der Waals surface area contributed by atoms with Crippen LogP contribution in [0.3, 0.4) is 0 Å². The van der Waals surface area contributed by atoms with Gasteiger partial charge in [-0.3, -0.25) is 14.6 Å². The standard InChI is InChI=1S/C20H36N4O4/c1-15(2)10-21-19(26)17-14-27-18(22-17)12-24-8-6-23(7-9-24)11-16(25)13-28-20(3,4)5/h14-16,25H,6-13H2,1-5H3,(H,21,26)/t16-/m0/s1. The lowest BCUT2D eigenvalue weighted by molar-refractivity contribution is -0.0588. The fraction of sp³-hybridized carbons (Fsp3) is 0.800. The minimum atomic E-state index is -0.482. The molecular formula is C20H36N4O4.